The Balaban J connectivity index is 1.48. The highest BCUT2D eigenvalue weighted by Crippen LogP contribution is 2.33. The molecule has 2 N–H and O–H groups in total. The smallest absolute Gasteiger partial charge is 0.235 e. The third-order valence-electron chi connectivity index (χ3n) is 4.92. The molecule has 10 heteroatoms. The minimum absolute atomic E-state index is 0.113. The highest BCUT2D eigenvalue weighted by molar-refractivity contribution is 7.99. The molecule has 7 nitrogen and oxygen atoms in total. The molecule has 0 saturated carbocycles. The van der Waals surface area contributed by atoms with Gasteiger partial charge in [0.05, 0.1) is 11.3 Å². The molecule has 0 radical (unpaired) electrons. The van der Waals surface area contributed by atoms with Crippen LogP contribution in [-0.2, 0) is 4.79 Å². The lowest BCUT2D eigenvalue weighted by atomic mass is 10.1. The molecule has 162 valence electrons. The standard InChI is InChI=1S/C23H15ClN6OS2/c24-15-5-7-16(8-6-15)30-21(18-12-26-19-4-2-1-3-17(18)19)28-29-23(30)33-13-20(31)27-22-14(11-25)9-10-32-22/h1-10,12,26H,13H2,(H,27,31). The maximum Gasteiger partial charge on any atom is 0.235 e. The van der Waals surface area contributed by atoms with Crippen LogP contribution in [0.4, 0.5) is 5.00 Å². The van der Waals surface area contributed by atoms with Crippen LogP contribution in [0.2, 0.25) is 5.02 Å². The number of carbonyl (C=O) groups is 1. The van der Waals surface area contributed by atoms with Crippen molar-refractivity contribution in [2.24, 2.45) is 0 Å². The van der Waals surface area contributed by atoms with E-state index in [1.807, 2.05) is 47.2 Å². The number of hydrogen-bond donors (Lipinski definition) is 2. The second-order valence-electron chi connectivity index (χ2n) is 6.98. The van der Waals surface area contributed by atoms with Gasteiger partial charge in [0, 0.05) is 33.4 Å². The third-order valence-corrected chi connectivity index (χ3v) is 6.93. The summed E-state index contributed by atoms with van der Waals surface area (Å²) in [5.74, 6) is 0.545. The van der Waals surface area contributed by atoms with Crippen molar-refractivity contribution in [1.29, 1.82) is 5.26 Å². The Kier molecular flexibility index (Phi) is 5.88. The van der Waals surface area contributed by atoms with Crippen molar-refractivity contribution in [2.75, 3.05) is 11.1 Å². The zero-order valence-corrected chi connectivity index (χ0v) is 19.3. The quantitative estimate of drug-likeness (QED) is 0.296. The molecule has 33 heavy (non-hydrogen) atoms. The number of nitriles is 1. The predicted octanol–water partition coefficient (Wildman–Crippen LogP) is 5.73. The van der Waals surface area contributed by atoms with E-state index >= 15 is 0 Å². The molecule has 0 aliphatic carbocycles. The molecule has 1 amide bonds. The number of carbonyl (C=O) groups excluding carboxylic acids is 1. The van der Waals surface area contributed by atoms with E-state index in [-0.39, 0.29) is 11.7 Å². The second-order valence-corrected chi connectivity index (χ2v) is 9.27. The van der Waals surface area contributed by atoms with Crippen molar-refractivity contribution < 1.29 is 4.79 Å². The summed E-state index contributed by atoms with van der Waals surface area (Å²) >= 11 is 8.68. The van der Waals surface area contributed by atoms with E-state index in [0.717, 1.165) is 22.2 Å². The molecule has 3 aromatic heterocycles. The van der Waals surface area contributed by atoms with Gasteiger partial charge in [0.15, 0.2) is 11.0 Å². The zero-order valence-electron chi connectivity index (χ0n) is 16.9. The number of halogens is 1. The molecule has 3 heterocycles. The molecule has 5 rings (SSSR count). The molecule has 0 fully saturated rings. The molecule has 0 aliphatic heterocycles. The van der Waals surface area contributed by atoms with E-state index in [0.29, 0.717) is 26.6 Å². The fourth-order valence-corrected chi connectivity index (χ4v) is 5.04. The topological polar surface area (TPSA) is 99.4 Å². The SMILES string of the molecule is N#Cc1ccsc1NC(=O)CSc1nnc(-c2c[nH]c3ccccc23)n1-c1ccc(Cl)cc1. The van der Waals surface area contributed by atoms with Crippen LogP contribution >= 0.6 is 34.7 Å². The maximum absolute atomic E-state index is 12.5. The van der Waals surface area contributed by atoms with E-state index in [1.54, 1.807) is 23.6 Å². The van der Waals surface area contributed by atoms with Crippen LogP contribution < -0.4 is 5.32 Å². The minimum Gasteiger partial charge on any atom is -0.360 e. The number of anilines is 1. The predicted molar refractivity (Wildman–Crippen MR) is 132 cm³/mol. The average molecular weight is 491 g/mol. The van der Waals surface area contributed by atoms with E-state index in [1.165, 1.54) is 23.1 Å². The van der Waals surface area contributed by atoms with Gasteiger partial charge >= 0.3 is 0 Å². The van der Waals surface area contributed by atoms with Gasteiger partial charge in [-0.1, -0.05) is 41.6 Å². The van der Waals surface area contributed by atoms with Crippen LogP contribution in [-0.4, -0.2) is 31.4 Å². The zero-order chi connectivity index (χ0) is 22.8. The molecule has 2 aromatic carbocycles. The third kappa shape index (κ3) is 4.24. The largest absolute Gasteiger partial charge is 0.360 e. The number of H-pyrrole nitrogens is 1. The lowest BCUT2D eigenvalue weighted by Gasteiger charge is -2.10. The Bertz CT molecular complexity index is 1500. The summed E-state index contributed by atoms with van der Waals surface area (Å²) in [6, 6.07) is 19.1. The summed E-state index contributed by atoms with van der Waals surface area (Å²) in [6.45, 7) is 0. The van der Waals surface area contributed by atoms with Gasteiger partial charge in [0.1, 0.15) is 11.1 Å². The lowest BCUT2D eigenvalue weighted by molar-refractivity contribution is -0.113. The number of nitrogens with zero attached hydrogens (tertiary/aromatic N) is 4. The van der Waals surface area contributed by atoms with E-state index in [2.05, 4.69) is 26.6 Å². The summed E-state index contributed by atoms with van der Waals surface area (Å²) in [7, 11) is 0. The summed E-state index contributed by atoms with van der Waals surface area (Å²) in [5, 5.41) is 25.3. The molecular weight excluding hydrogens is 476 g/mol. The number of fused-ring (bicyclic) bond motifs is 1. The Morgan fingerprint density at radius 2 is 2.00 bits per heavy atom. The highest BCUT2D eigenvalue weighted by Gasteiger charge is 2.20. The number of thioether (sulfide) groups is 1. The lowest BCUT2D eigenvalue weighted by Crippen LogP contribution is -2.14. The van der Waals surface area contributed by atoms with E-state index in [4.69, 9.17) is 16.9 Å². The number of para-hydroxylation sites is 1. The van der Waals surface area contributed by atoms with Gasteiger partial charge in [0.2, 0.25) is 5.91 Å². The Labute approximate surface area is 202 Å². The molecule has 5 aromatic rings. The number of hydrogen-bond acceptors (Lipinski definition) is 6. The van der Waals surface area contributed by atoms with Crippen LogP contribution in [0.3, 0.4) is 0 Å². The summed E-state index contributed by atoms with van der Waals surface area (Å²) < 4.78 is 1.91. The van der Waals surface area contributed by atoms with Crippen LogP contribution in [0.15, 0.2) is 71.3 Å². The number of rotatable bonds is 6. The van der Waals surface area contributed by atoms with E-state index in [9.17, 15) is 4.79 Å². The van der Waals surface area contributed by atoms with Crippen molar-refractivity contribution in [3.8, 4) is 23.1 Å². The van der Waals surface area contributed by atoms with E-state index < -0.39 is 0 Å². The molecule has 0 atom stereocenters. The van der Waals surface area contributed by atoms with Gasteiger partial charge in [-0.2, -0.15) is 5.26 Å². The van der Waals surface area contributed by atoms with Gasteiger partial charge < -0.3 is 10.3 Å². The van der Waals surface area contributed by atoms with Gasteiger partial charge in [-0.3, -0.25) is 9.36 Å². The van der Waals surface area contributed by atoms with Gasteiger partial charge in [-0.25, -0.2) is 0 Å². The Hall–Kier alpha value is -3.58. The molecule has 0 aliphatic rings. The number of amides is 1. The number of aromatic amines is 1. The first-order valence-electron chi connectivity index (χ1n) is 9.82. The first kappa shape index (κ1) is 21.3. The number of aromatic nitrogens is 4. The first-order chi connectivity index (χ1) is 16.1. The van der Waals surface area contributed by atoms with Crippen molar-refractivity contribution in [1.82, 2.24) is 19.7 Å². The van der Waals surface area contributed by atoms with Crippen molar-refractivity contribution in [3.05, 3.63) is 76.8 Å². The van der Waals surface area contributed by atoms with Gasteiger partial charge in [0.25, 0.3) is 0 Å². The fourth-order valence-electron chi connectivity index (χ4n) is 3.40. The van der Waals surface area contributed by atoms with Crippen molar-refractivity contribution in [2.45, 2.75) is 5.16 Å². The van der Waals surface area contributed by atoms with Crippen LogP contribution in [0, 0.1) is 11.3 Å². The van der Waals surface area contributed by atoms with Gasteiger partial charge in [-0.05, 0) is 41.8 Å². The fraction of sp³-hybridized carbons (Fsp3) is 0.0435. The van der Waals surface area contributed by atoms with Crippen molar-refractivity contribution >= 4 is 56.5 Å². The first-order valence-corrected chi connectivity index (χ1v) is 12.1. The Morgan fingerprint density at radius 3 is 2.82 bits per heavy atom. The maximum atomic E-state index is 12.5. The highest BCUT2D eigenvalue weighted by atomic mass is 35.5. The van der Waals surface area contributed by atoms with Crippen LogP contribution in [0.5, 0.6) is 0 Å². The van der Waals surface area contributed by atoms with Gasteiger partial charge in [-0.15, -0.1) is 21.5 Å². The normalized spacial score (nSPS) is 10.9. The summed E-state index contributed by atoms with van der Waals surface area (Å²) in [4.78, 5) is 15.8. The number of thiophene rings is 1. The Morgan fingerprint density at radius 1 is 1.18 bits per heavy atom. The second kappa shape index (κ2) is 9.11. The average Bonchev–Trinajstić information content (AvgIpc) is 3.56. The summed E-state index contributed by atoms with van der Waals surface area (Å²) in [6.07, 6.45) is 1.91. The minimum atomic E-state index is -0.224. The monoisotopic (exact) mass is 490 g/mol. The molecule has 0 spiro atoms. The van der Waals surface area contributed by atoms with Crippen LogP contribution in [0.1, 0.15) is 5.56 Å². The molecule has 0 bridgehead atoms. The molecule has 0 unspecified atom stereocenters. The molecule has 0 saturated heterocycles. The van der Waals surface area contributed by atoms with Crippen LogP contribution in [0.25, 0.3) is 28.0 Å². The summed E-state index contributed by atoms with van der Waals surface area (Å²) in [5.41, 5.74) is 3.18. The number of benzene rings is 2. The van der Waals surface area contributed by atoms with Crippen molar-refractivity contribution in [3.63, 3.8) is 0 Å². The number of nitrogens with one attached hydrogen (secondary N) is 2. The molecular formula is C23H15ClN6OS2.